The van der Waals surface area contributed by atoms with Crippen molar-refractivity contribution in [3.05, 3.63) is 66.5 Å². The molecule has 6 heteroatoms. The van der Waals surface area contributed by atoms with E-state index in [-0.39, 0.29) is 11.8 Å². The van der Waals surface area contributed by atoms with Gasteiger partial charge in [0, 0.05) is 35.6 Å². The standard InChI is InChI=1S/C22H21N5O/c28-22(16-8-9-16)26-18-6-3-5-17(12-18)25-20-13-21(24-14-23-20)27-11-10-15-4-1-2-7-19(15)27/h1-7,12-14,16H,8-11H2,(H,26,28)(H,23,24,25). The van der Waals surface area contributed by atoms with Crippen LogP contribution >= 0.6 is 0 Å². The van der Waals surface area contributed by atoms with Crippen LogP contribution in [-0.4, -0.2) is 22.4 Å². The molecule has 1 aromatic heterocycles. The van der Waals surface area contributed by atoms with Crippen molar-refractivity contribution in [2.75, 3.05) is 22.1 Å². The summed E-state index contributed by atoms with van der Waals surface area (Å²) >= 11 is 0. The largest absolute Gasteiger partial charge is 0.340 e. The van der Waals surface area contributed by atoms with Gasteiger partial charge in [-0.2, -0.15) is 0 Å². The summed E-state index contributed by atoms with van der Waals surface area (Å²) in [5.74, 6) is 1.89. The number of benzene rings is 2. The van der Waals surface area contributed by atoms with Crippen molar-refractivity contribution >= 4 is 34.6 Å². The first-order chi connectivity index (χ1) is 13.8. The zero-order valence-corrected chi connectivity index (χ0v) is 15.4. The molecule has 3 aromatic rings. The van der Waals surface area contributed by atoms with Gasteiger partial charge in [-0.05, 0) is 49.1 Å². The Balaban J connectivity index is 1.34. The molecule has 1 amide bonds. The molecule has 0 bridgehead atoms. The molecule has 2 aliphatic rings. The quantitative estimate of drug-likeness (QED) is 0.701. The van der Waals surface area contributed by atoms with Gasteiger partial charge >= 0.3 is 0 Å². The van der Waals surface area contributed by atoms with Gasteiger partial charge in [0.25, 0.3) is 0 Å². The monoisotopic (exact) mass is 371 g/mol. The number of amides is 1. The van der Waals surface area contributed by atoms with E-state index in [1.54, 1.807) is 6.33 Å². The molecule has 2 aromatic carbocycles. The SMILES string of the molecule is O=C(Nc1cccc(Nc2cc(N3CCc4ccccc43)ncn2)c1)C1CC1. The summed E-state index contributed by atoms with van der Waals surface area (Å²) in [7, 11) is 0. The van der Waals surface area contributed by atoms with Gasteiger partial charge in [-0.15, -0.1) is 0 Å². The maximum absolute atomic E-state index is 12.0. The molecule has 0 spiro atoms. The van der Waals surface area contributed by atoms with Gasteiger partial charge in [0.1, 0.15) is 18.0 Å². The number of fused-ring (bicyclic) bond motifs is 1. The highest BCUT2D eigenvalue weighted by atomic mass is 16.2. The Labute approximate surface area is 163 Å². The number of carbonyl (C=O) groups is 1. The van der Waals surface area contributed by atoms with Crippen LogP contribution in [0.4, 0.5) is 28.7 Å². The number of nitrogens with one attached hydrogen (secondary N) is 2. The Morgan fingerprint density at radius 3 is 2.75 bits per heavy atom. The number of aromatic nitrogens is 2. The van der Waals surface area contributed by atoms with Gasteiger partial charge in [-0.25, -0.2) is 9.97 Å². The van der Waals surface area contributed by atoms with Crippen molar-refractivity contribution in [3.8, 4) is 0 Å². The molecule has 0 radical (unpaired) electrons. The number of nitrogens with zero attached hydrogens (tertiary/aromatic N) is 3. The third-order valence-electron chi connectivity index (χ3n) is 5.17. The molecule has 6 nitrogen and oxygen atoms in total. The van der Waals surface area contributed by atoms with Crippen molar-refractivity contribution in [2.24, 2.45) is 5.92 Å². The van der Waals surface area contributed by atoms with Crippen molar-refractivity contribution in [1.82, 2.24) is 9.97 Å². The number of carbonyl (C=O) groups excluding carboxylic acids is 1. The Morgan fingerprint density at radius 2 is 1.86 bits per heavy atom. The fourth-order valence-corrected chi connectivity index (χ4v) is 3.55. The second kappa shape index (κ2) is 6.96. The van der Waals surface area contributed by atoms with Crippen LogP contribution in [0.5, 0.6) is 0 Å². The van der Waals surface area contributed by atoms with E-state index >= 15 is 0 Å². The Morgan fingerprint density at radius 1 is 1.00 bits per heavy atom. The zero-order valence-electron chi connectivity index (χ0n) is 15.4. The first-order valence-corrected chi connectivity index (χ1v) is 9.62. The van der Waals surface area contributed by atoms with E-state index in [0.717, 1.165) is 48.8 Å². The van der Waals surface area contributed by atoms with E-state index in [2.05, 4.69) is 49.8 Å². The van der Waals surface area contributed by atoms with Crippen molar-refractivity contribution in [2.45, 2.75) is 19.3 Å². The molecule has 140 valence electrons. The van der Waals surface area contributed by atoms with Crippen LogP contribution in [0.15, 0.2) is 60.9 Å². The van der Waals surface area contributed by atoms with Gasteiger partial charge < -0.3 is 15.5 Å². The molecular formula is C22H21N5O. The fourth-order valence-electron chi connectivity index (χ4n) is 3.55. The minimum atomic E-state index is 0.106. The topological polar surface area (TPSA) is 70.2 Å². The average Bonchev–Trinajstić information content (AvgIpc) is 3.48. The predicted octanol–water partition coefficient (Wildman–Crippen LogP) is 4.26. The van der Waals surface area contributed by atoms with Gasteiger partial charge in [0.15, 0.2) is 0 Å². The minimum Gasteiger partial charge on any atom is -0.340 e. The Kier molecular flexibility index (Phi) is 4.16. The average molecular weight is 371 g/mol. The molecule has 2 N–H and O–H groups in total. The van der Waals surface area contributed by atoms with Crippen LogP contribution < -0.4 is 15.5 Å². The summed E-state index contributed by atoms with van der Waals surface area (Å²) in [6.45, 7) is 0.915. The van der Waals surface area contributed by atoms with Gasteiger partial charge in [-0.3, -0.25) is 4.79 Å². The summed E-state index contributed by atoms with van der Waals surface area (Å²) in [6, 6.07) is 18.1. The molecule has 28 heavy (non-hydrogen) atoms. The highest BCUT2D eigenvalue weighted by molar-refractivity contribution is 5.94. The van der Waals surface area contributed by atoms with Crippen LogP contribution in [0.2, 0.25) is 0 Å². The minimum absolute atomic E-state index is 0.106. The molecule has 1 aliphatic heterocycles. The van der Waals surface area contributed by atoms with E-state index < -0.39 is 0 Å². The smallest absolute Gasteiger partial charge is 0.227 e. The number of anilines is 5. The summed E-state index contributed by atoms with van der Waals surface area (Å²) in [5, 5.41) is 6.30. The summed E-state index contributed by atoms with van der Waals surface area (Å²) in [6.07, 6.45) is 4.59. The van der Waals surface area contributed by atoms with E-state index in [0.29, 0.717) is 0 Å². The van der Waals surface area contributed by atoms with Crippen LogP contribution in [0.1, 0.15) is 18.4 Å². The lowest BCUT2D eigenvalue weighted by Crippen LogP contribution is -2.15. The second-order valence-electron chi connectivity index (χ2n) is 7.26. The molecule has 1 aliphatic carbocycles. The molecule has 1 saturated carbocycles. The lowest BCUT2D eigenvalue weighted by atomic mass is 10.2. The molecule has 0 atom stereocenters. The maximum Gasteiger partial charge on any atom is 0.227 e. The van der Waals surface area contributed by atoms with Crippen molar-refractivity contribution in [3.63, 3.8) is 0 Å². The highest BCUT2D eigenvalue weighted by Gasteiger charge is 2.29. The van der Waals surface area contributed by atoms with Crippen LogP contribution in [-0.2, 0) is 11.2 Å². The maximum atomic E-state index is 12.0. The molecule has 1 fully saturated rings. The van der Waals surface area contributed by atoms with Crippen molar-refractivity contribution in [1.29, 1.82) is 0 Å². The number of hydrogen-bond acceptors (Lipinski definition) is 5. The Bertz CT molecular complexity index is 1030. The molecule has 2 heterocycles. The third-order valence-corrected chi connectivity index (χ3v) is 5.17. The number of rotatable bonds is 5. The number of hydrogen-bond donors (Lipinski definition) is 2. The zero-order chi connectivity index (χ0) is 18.9. The summed E-state index contributed by atoms with van der Waals surface area (Å²) < 4.78 is 0. The van der Waals surface area contributed by atoms with E-state index in [1.807, 2.05) is 30.3 Å². The first-order valence-electron chi connectivity index (χ1n) is 9.62. The molecule has 0 saturated heterocycles. The number of para-hydroxylation sites is 1. The van der Waals surface area contributed by atoms with Gasteiger partial charge in [0.2, 0.25) is 5.91 Å². The van der Waals surface area contributed by atoms with E-state index in [4.69, 9.17) is 0 Å². The highest BCUT2D eigenvalue weighted by Crippen LogP contribution is 2.34. The Hall–Kier alpha value is -3.41. The third kappa shape index (κ3) is 3.41. The normalized spacial score (nSPS) is 15.2. The molecule has 5 rings (SSSR count). The van der Waals surface area contributed by atoms with Crippen LogP contribution in [0.3, 0.4) is 0 Å². The van der Waals surface area contributed by atoms with Crippen molar-refractivity contribution < 1.29 is 4.79 Å². The van der Waals surface area contributed by atoms with E-state index in [9.17, 15) is 4.79 Å². The summed E-state index contributed by atoms with van der Waals surface area (Å²) in [5.41, 5.74) is 4.22. The fraction of sp³-hybridized carbons (Fsp3) is 0.227. The molecule has 0 unspecified atom stereocenters. The lowest BCUT2D eigenvalue weighted by Gasteiger charge is -2.18. The van der Waals surface area contributed by atoms with Gasteiger partial charge in [-0.1, -0.05) is 24.3 Å². The van der Waals surface area contributed by atoms with Crippen LogP contribution in [0.25, 0.3) is 0 Å². The molecular weight excluding hydrogens is 350 g/mol. The lowest BCUT2D eigenvalue weighted by molar-refractivity contribution is -0.117. The van der Waals surface area contributed by atoms with Gasteiger partial charge in [0.05, 0.1) is 0 Å². The van der Waals surface area contributed by atoms with E-state index in [1.165, 1.54) is 11.3 Å². The predicted molar refractivity (Wildman–Crippen MR) is 110 cm³/mol. The second-order valence-corrected chi connectivity index (χ2v) is 7.26. The summed E-state index contributed by atoms with van der Waals surface area (Å²) in [4.78, 5) is 23.0. The first kappa shape index (κ1) is 16.7. The van der Waals surface area contributed by atoms with Crippen LogP contribution in [0, 0.1) is 5.92 Å².